The van der Waals surface area contributed by atoms with Gasteiger partial charge in [0, 0.05) is 5.57 Å². The summed E-state index contributed by atoms with van der Waals surface area (Å²) in [5.74, 6) is -0.0584. The molecular weight excluding hydrogens is 404 g/mol. The maximum atomic E-state index is 12.2. The van der Waals surface area contributed by atoms with E-state index in [-0.39, 0.29) is 29.3 Å². The molecule has 5 nitrogen and oxygen atoms in total. The number of hydrogen-bond acceptors (Lipinski definition) is 5. The second kappa shape index (κ2) is 6.12. The van der Waals surface area contributed by atoms with Crippen LogP contribution in [0.15, 0.2) is 22.8 Å². The molecule has 0 aromatic heterocycles. The van der Waals surface area contributed by atoms with Crippen LogP contribution in [0, 0.1) is 17.3 Å². The second-order valence-corrected chi connectivity index (χ2v) is 11.8. The van der Waals surface area contributed by atoms with Crippen molar-refractivity contribution in [2.45, 2.75) is 95.2 Å². The molecule has 2 aliphatic heterocycles. The number of fused-ring (bicyclic) bond motifs is 3. The van der Waals surface area contributed by atoms with Crippen molar-refractivity contribution in [1.82, 2.24) is 0 Å². The molecule has 3 aliphatic carbocycles. The fraction of sp³-hybridized carbons (Fsp3) is 0.792. The predicted octanol–water partition coefficient (Wildman–Crippen LogP) is 3.92. The summed E-state index contributed by atoms with van der Waals surface area (Å²) in [7, 11) is 0. The zero-order chi connectivity index (χ0) is 21.9. The second-order valence-electron chi connectivity index (χ2n) is 11.3. The fourth-order valence-corrected chi connectivity index (χ4v) is 7.12. The van der Waals surface area contributed by atoms with Gasteiger partial charge < -0.3 is 19.3 Å². The highest BCUT2D eigenvalue weighted by atomic mass is 35.5. The van der Waals surface area contributed by atoms with E-state index in [0.29, 0.717) is 13.0 Å². The number of aliphatic hydroxyl groups is 1. The highest BCUT2D eigenvalue weighted by Gasteiger charge is 2.78. The van der Waals surface area contributed by atoms with Gasteiger partial charge in [0.2, 0.25) is 0 Å². The number of hydrogen-bond donors (Lipinski definition) is 1. The molecule has 0 aromatic carbocycles. The molecule has 7 atom stereocenters. The Hall–Kier alpha value is -0.880. The highest BCUT2D eigenvalue weighted by Crippen LogP contribution is 2.70. The van der Waals surface area contributed by atoms with Crippen molar-refractivity contribution in [3.8, 4) is 0 Å². The fourth-order valence-electron chi connectivity index (χ4n) is 6.63. The van der Waals surface area contributed by atoms with Crippen LogP contribution in [-0.2, 0) is 19.0 Å². The standard InChI is InChI=1S/C24H33ClO5/c1-12(2)23(27)17(25)10-16-22(6)8-7-13-14(11-28-19(13)26)15(22)9-18-24(16,29-18)20(23)30-21(3,4)5/h10,12,15,17-18,20,27H,7-9,11H2,1-6H3/t15-,17+,18-,20+,22-,23-,24+/m0/s1. The first-order chi connectivity index (χ1) is 13.9. The Labute approximate surface area is 183 Å². The van der Waals surface area contributed by atoms with Gasteiger partial charge in [-0.3, -0.25) is 0 Å². The molecule has 1 saturated carbocycles. The van der Waals surface area contributed by atoms with Gasteiger partial charge in [0.15, 0.2) is 0 Å². The van der Waals surface area contributed by atoms with Crippen LogP contribution in [0.3, 0.4) is 0 Å². The van der Waals surface area contributed by atoms with E-state index in [2.05, 4.69) is 13.0 Å². The van der Waals surface area contributed by atoms with Crippen molar-refractivity contribution >= 4 is 17.6 Å². The lowest BCUT2D eigenvalue weighted by molar-refractivity contribution is -0.200. The number of cyclic esters (lactones) is 1. The number of epoxide rings is 1. The van der Waals surface area contributed by atoms with E-state index < -0.39 is 28.3 Å². The van der Waals surface area contributed by atoms with E-state index in [9.17, 15) is 9.90 Å². The molecule has 2 fully saturated rings. The minimum absolute atomic E-state index is 0.0498. The maximum Gasteiger partial charge on any atom is 0.334 e. The summed E-state index contributed by atoms with van der Waals surface area (Å²) < 4.78 is 18.5. The number of esters is 1. The van der Waals surface area contributed by atoms with Gasteiger partial charge in [-0.2, -0.15) is 0 Å². The van der Waals surface area contributed by atoms with Crippen molar-refractivity contribution in [1.29, 1.82) is 0 Å². The summed E-state index contributed by atoms with van der Waals surface area (Å²) in [5, 5.41) is 11.3. The Morgan fingerprint density at radius 2 is 2.03 bits per heavy atom. The van der Waals surface area contributed by atoms with Crippen molar-refractivity contribution in [2.24, 2.45) is 17.3 Å². The van der Waals surface area contributed by atoms with Crippen molar-refractivity contribution in [3.05, 3.63) is 22.8 Å². The minimum Gasteiger partial charge on any atom is -0.458 e. The first-order valence-electron chi connectivity index (χ1n) is 11.2. The lowest BCUT2D eigenvalue weighted by Gasteiger charge is -2.56. The zero-order valence-corrected chi connectivity index (χ0v) is 19.5. The van der Waals surface area contributed by atoms with Gasteiger partial charge in [-0.05, 0) is 68.4 Å². The van der Waals surface area contributed by atoms with Crippen molar-refractivity contribution < 1.29 is 24.1 Å². The number of ether oxygens (including phenoxy) is 3. The highest BCUT2D eigenvalue weighted by molar-refractivity contribution is 6.23. The van der Waals surface area contributed by atoms with Crippen LogP contribution in [0.1, 0.15) is 60.8 Å². The third-order valence-corrected chi connectivity index (χ3v) is 8.76. The molecule has 2 heterocycles. The van der Waals surface area contributed by atoms with E-state index in [0.717, 1.165) is 29.6 Å². The van der Waals surface area contributed by atoms with Crippen LogP contribution in [0.4, 0.5) is 0 Å². The molecule has 5 aliphatic rings. The number of carbonyl (C=O) groups is 1. The lowest BCUT2D eigenvalue weighted by atomic mass is 9.50. The average Bonchev–Trinajstić information content (AvgIpc) is 3.24. The molecule has 1 saturated heterocycles. The molecule has 0 amide bonds. The first-order valence-corrected chi connectivity index (χ1v) is 11.6. The van der Waals surface area contributed by atoms with Gasteiger partial charge in [0.05, 0.1) is 17.1 Å². The molecule has 0 unspecified atom stereocenters. The van der Waals surface area contributed by atoms with Crippen LogP contribution in [-0.4, -0.2) is 52.1 Å². The Morgan fingerprint density at radius 3 is 2.67 bits per heavy atom. The summed E-state index contributed by atoms with van der Waals surface area (Å²) in [4.78, 5) is 12.2. The molecule has 0 radical (unpaired) electrons. The molecule has 166 valence electrons. The van der Waals surface area contributed by atoms with Gasteiger partial charge in [0.25, 0.3) is 0 Å². The zero-order valence-electron chi connectivity index (χ0n) is 18.8. The molecule has 30 heavy (non-hydrogen) atoms. The average molecular weight is 437 g/mol. The normalized spacial score (nSPS) is 47.2. The summed E-state index contributed by atoms with van der Waals surface area (Å²) >= 11 is 6.92. The number of alkyl halides is 1. The Morgan fingerprint density at radius 1 is 1.33 bits per heavy atom. The van der Waals surface area contributed by atoms with Gasteiger partial charge in [-0.1, -0.05) is 26.8 Å². The molecule has 5 rings (SSSR count). The summed E-state index contributed by atoms with van der Waals surface area (Å²) in [5.41, 5.74) is 0.635. The lowest BCUT2D eigenvalue weighted by Crippen LogP contribution is -2.67. The van der Waals surface area contributed by atoms with Crippen LogP contribution in [0.5, 0.6) is 0 Å². The molecule has 1 N–H and O–H groups in total. The predicted molar refractivity (Wildman–Crippen MR) is 113 cm³/mol. The van der Waals surface area contributed by atoms with E-state index in [1.54, 1.807) is 0 Å². The molecule has 1 spiro atoms. The van der Waals surface area contributed by atoms with Gasteiger partial charge in [0.1, 0.15) is 23.9 Å². The van der Waals surface area contributed by atoms with E-state index in [4.69, 9.17) is 25.8 Å². The van der Waals surface area contributed by atoms with Gasteiger partial charge in [-0.25, -0.2) is 4.79 Å². The van der Waals surface area contributed by atoms with Gasteiger partial charge in [-0.15, -0.1) is 11.6 Å². The molecule has 0 aromatic rings. The van der Waals surface area contributed by atoms with Crippen LogP contribution < -0.4 is 0 Å². The minimum atomic E-state index is -1.23. The maximum absolute atomic E-state index is 12.2. The third-order valence-electron chi connectivity index (χ3n) is 8.28. The topological polar surface area (TPSA) is 68.3 Å². The van der Waals surface area contributed by atoms with Crippen LogP contribution in [0.2, 0.25) is 0 Å². The summed E-state index contributed by atoms with van der Waals surface area (Å²) in [6.45, 7) is 12.7. The summed E-state index contributed by atoms with van der Waals surface area (Å²) in [6, 6.07) is 0. The van der Waals surface area contributed by atoms with E-state index >= 15 is 0 Å². The quantitative estimate of drug-likeness (QED) is 0.307. The SMILES string of the molecule is CC(C)[C@]1(O)[C@H](Cl)C=C2[C@]3(O[C@H]3C[C@H]3C4=C(CC[C@]23C)C(=O)OC4)[C@@H]1OC(C)(C)C. The number of halogens is 1. The molecule has 6 heteroatoms. The van der Waals surface area contributed by atoms with Gasteiger partial charge >= 0.3 is 5.97 Å². The van der Waals surface area contributed by atoms with Crippen LogP contribution >= 0.6 is 11.6 Å². The van der Waals surface area contributed by atoms with Crippen molar-refractivity contribution in [3.63, 3.8) is 0 Å². The largest absolute Gasteiger partial charge is 0.458 e. The van der Waals surface area contributed by atoms with E-state index in [1.165, 1.54) is 0 Å². The Kier molecular flexibility index (Phi) is 4.28. The monoisotopic (exact) mass is 436 g/mol. The number of rotatable bonds is 2. The van der Waals surface area contributed by atoms with E-state index in [1.807, 2.05) is 34.6 Å². The smallest absolute Gasteiger partial charge is 0.334 e. The molecular formula is C24H33ClO5. The van der Waals surface area contributed by atoms with Crippen molar-refractivity contribution in [2.75, 3.05) is 6.61 Å². The van der Waals surface area contributed by atoms with Crippen LogP contribution in [0.25, 0.3) is 0 Å². The molecule has 0 bridgehead atoms. The Balaban J connectivity index is 1.65. The summed E-state index contributed by atoms with van der Waals surface area (Å²) in [6.07, 6.45) is 3.83. The Bertz CT molecular complexity index is 869. The number of carbonyl (C=O) groups excluding carboxylic acids is 1. The first kappa shape index (κ1) is 21.0. The third kappa shape index (κ3) is 2.49.